The van der Waals surface area contributed by atoms with Crippen LogP contribution in [-0.2, 0) is 13.0 Å². The second-order valence-electron chi connectivity index (χ2n) is 4.94. The molecule has 2 N–H and O–H groups in total. The van der Waals surface area contributed by atoms with E-state index in [0.29, 0.717) is 5.92 Å². The number of nitrogens with one attached hydrogen (secondary N) is 2. The molecular weight excluding hydrogens is 212 g/mol. The Bertz CT molecular complexity index is 412. The summed E-state index contributed by atoms with van der Waals surface area (Å²) >= 11 is 0. The van der Waals surface area contributed by atoms with Crippen molar-refractivity contribution < 1.29 is 0 Å². The summed E-state index contributed by atoms with van der Waals surface area (Å²) in [5.41, 5.74) is 2.54. The van der Waals surface area contributed by atoms with Gasteiger partial charge in [-0.25, -0.2) is 9.97 Å². The Balaban J connectivity index is 1.98. The van der Waals surface area contributed by atoms with Crippen LogP contribution in [-0.4, -0.2) is 23.1 Å². The van der Waals surface area contributed by atoms with E-state index in [4.69, 9.17) is 9.97 Å². The fraction of sp³-hybridized carbons (Fsp3) is 0.692. The summed E-state index contributed by atoms with van der Waals surface area (Å²) in [5, 5.41) is 6.79. The molecule has 0 atom stereocenters. The van der Waals surface area contributed by atoms with Crippen LogP contribution in [0.15, 0.2) is 0 Å². The van der Waals surface area contributed by atoms with Crippen molar-refractivity contribution in [2.75, 3.05) is 18.4 Å². The summed E-state index contributed by atoms with van der Waals surface area (Å²) < 4.78 is 0. The van der Waals surface area contributed by atoms with Gasteiger partial charge < -0.3 is 10.6 Å². The molecule has 0 amide bonds. The molecule has 0 aromatic carbocycles. The predicted molar refractivity (Wildman–Crippen MR) is 68.2 cm³/mol. The van der Waals surface area contributed by atoms with E-state index < -0.39 is 0 Å². The topological polar surface area (TPSA) is 49.8 Å². The molecule has 4 heteroatoms. The van der Waals surface area contributed by atoms with E-state index in [1.165, 1.54) is 30.5 Å². The lowest BCUT2D eigenvalue weighted by atomic mass is 9.84. The van der Waals surface area contributed by atoms with E-state index in [1.807, 2.05) is 0 Å². The number of fused-ring (bicyclic) bond motifs is 1. The van der Waals surface area contributed by atoms with Gasteiger partial charge in [0.25, 0.3) is 0 Å². The highest BCUT2D eigenvalue weighted by Gasteiger charge is 2.25. The van der Waals surface area contributed by atoms with Crippen molar-refractivity contribution in [1.82, 2.24) is 15.3 Å². The van der Waals surface area contributed by atoms with Gasteiger partial charge in [-0.05, 0) is 32.7 Å². The fourth-order valence-corrected chi connectivity index (χ4v) is 2.54. The van der Waals surface area contributed by atoms with E-state index in [9.17, 15) is 0 Å². The second kappa shape index (κ2) is 4.61. The van der Waals surface area contributed by atoms with Gasteiger partial charge in [-0.2, -0.15) is 0 Å². The molecule has 1 aliphatic heterocycles. The molecule has 1 saturated carbocycles. The summed E-state index contributed by atoms with van der Waals surface area (Å²) in [6.07, 6.45) is 4.90. The average molecular weight is 232 g/mol. The zero-order valence-electron chi connectivity index (χ0n) is 10.4. The van der Waals surface area contributed by atoms with Gasteiger partial charge in [0.05, 0.1) is 5.69 Å². The van der Waals surface area contributed by atoms with Gasteiger partial charge in [0.1, 0.15) is 11.6 Å². The Morgan fingerprint density at radius 1 is 1.35 bits per heavy atom. The lowest BCUT2D eigenvalue weighted by molar-refractivity contribution is 0.399. The van der Waals surface area contributed by atoms with Crippen LogP contribution in [0.5, 0.6) is 0 Å². The predicted octanol–water partition coefficient (Wildman–Crippen LogP) is 1.82. The molecule has 3 rings (SSSR count). The van der Waals surface area contributed by atoms with Crippen LogP contribution in [0.4, 0.5) is 5.82 Å². The Morgan fingerprint density at radius 2 is 2.24 bits per heavy atom. The molecule has 1 aromatic rings. The largest absolute Gasteiger partial charge is 0.370 e. The first-order chi connectivity index (χ1) is 8.38. The molecule has 92 valence electrons. The molecule has 1 fully saturated rings. The van der Waals surface area contributed by atoms with Crippen LogP contribution in [0.2, 0.25) is 0 Å². The molecule has 0 unspecified atom stereocenters. The number of aromatic nitrogens is 2. The number of hydrogen-bond donors (Lipinski definition) is 2. The third kappa shape index (κ3) is 2.02. The summed E-state index contributed by atoms with van der Waals surface area (Å²) in [5.74, 6) is 2.76. The highest BCUT2D eigenvalue weighted by molar-refractivity contribution is 5.48. The van der Waals surface area contributed by atoms with E-state index in [1.54, 1.807) is 0 Å². The van der Waals surface area contributed by atoms with Gasteiger partial charge in [-0.1, -0.05) is 6.42 Å². The smallest absolute Gasteiger partial charge is 0.134 e. The van der Waals surface area contributed by atoms with Crippen LogP contribution in [0, 0.1) is 0 Å². The highest BCUT2D eigenvalue weighted by atomic mass is 15.1. The van der Waals surface area contributed by atoms with Crippen molar-refractivity contribution in [2.24, 2.45) is 0 Å². The Hall–Kier alpha value is -1.16. The van der Waals surface area contributed by atoms with Crippen LogP contribution in [0.1, 0.15) is 49.2 Å². The summed E-state index contributed by atoms with van der Waals surface area (Å²) in [4.78, 5) is 9.51. The maximum atomic E-state index is 4.76. The van der Waals surface area contributed by atoms with Gasteiger partial charge in [0, 0.05) is 24.6 Å². The van der Waals surface area contributed by atoms with E-state index >= 15 is 0 Å². The van der Waals surface area contributed by atoms with E-state index in [0.717, 1.165) is 37.7 Å². The molecular formula is C13H20N4. The van der Waals surface area contributed by atoms with Gasteiger partial charge in [0.2, 0.25) is 0 Å². The van der Waals surface area contributed by atoms with Gasteiger partial charge >= 0.3 is 0 Å². The zero-order chi connectivity index (χ0) is 11.7. The number of anilines is 1. The maximum absolute atomic E-state index is 4.76. The number of nitrogens with zero attached hydrogens (tertiary/aromatic N) is 2. The molecule has 0 spiro atoms. The second-order valence-corrected chi connectivity index (χ2v) is 4.94. The van der Waals surface area contributed by atoms with Crippen molar-refractivity contribution in [3.05, 3.63) is 17.1 Å². The molecule has 0 radical (unpaired) electrons. The third-order valence-corrected chi connectivity index (χ3v) is 3.77. The summed E-state index contributed by atoms with van der Waals surface area (Å²) in [6.45, 7) is 4.99. The Kier molecular flexibility index (Phi) is 2.97. The first-order valence-corrected chi connectivity index (χ1v) is 6.72. The van der Waals surface area contributed by atoms with Crippen molar-refractivity contribution in [3.63, 3.8) is 0 Å². The van der Waals surface area contributed by atoms with Gasteiger partial charge in [-0.3, -0.25) is 0 Å². The third-order valence-electron chi connectivity index (χ3n) is 3.77. The van der Waals surface area contributed by atoms with Crippen LogP contribution < -0.4 is 10.6 Å². The normalized spacial score (nSPS) is 19.6. The fourth-order valence-electron chi connectivity index (χ4n) is 2.54. The van der Waals surface area contributed by atoms with Crippen molar-refractivity contribution in [3.8, 4) is 0 Å². The van der Waals surface area contributed by atoms with Crippen LogP contribution >= 0.6 is 0 Å². The quantitative estimate of drug-likeness (QED) is 0.834. The molecule has 0 saturated heterocycles. The molecule has 2 heterocycles. The van der Waals surface area contributed by atoms with E-state index in [2.05, 4.69) is 17.6 Å². The first kappa shape index (κ1) is 11.0. The monoisotopic (exact) mass is 232 g/mol. The summed E-state index contributed by atoms with van der Waals surface area (Å²) in [7, 11) is 0. The standard InChI is InChI=1S/C13H20N4/c1-2-15-13-10-6-7-14-8-11(10)16-12(17-13)9-4-3-5-9/h9,14H,2-8H2,1H3,(H,15,16,17). The molecule has 2 aliphatic rings. The molecule has 4 nitrogen and oxygen atoms in total. The molecule has 17 heavy (non-hydrogen) atoms. The highest BCUT2D eigenvalue weighted by Crippen LogP contribution is 2.35. The maximum Gasteiger partial charge on any atom is 0.134 e. The van der Waals surface area contributed by atoms with Crippen LogP contribution in [0.25, 0.3) is 0 Å². The van der Waals surface area contributed by atoms with E-state index in [-0.39, 0.29) is 0 Å². The first-order valence-electron chi connectivity index (χ1n) is 6.72. The SMILES string of the molecule is CCNc1nc(C2CCC2)nc2c1CCNC2. The lowest BCUT2D eigenvalue weighted by Gasteiger charge is -2.27. The minimum atomic E-state index is 0.611. The van der Waals surface area contributed by atoms with Crippen molar-refractivity contribution in [1.29, 1.82) is 0 Å². The molecule has 1 aromatic heterocycles. The lowest BCUT2D eigenvalue weighted by Crippen LogP contribution is -2.28. The minimum Gasteiger partial charge on any atom is -0.370 e. The number of rotatable bonds is 3. The van der Waals surface area contributed by atoms with Crippen molar-refractivity contribution in [2.45, 2.75) is 45.1 Å². The van der Waals surface area contributed by atoms with Gasteiger partial charge in [0.15, 0.2) is 0 Å². The molecule has 0 bridgehead atoms. The summed E-state index contributed by atoms with van der Waals surface area (Å²) in [6, 6.07) is 0. The zero-order valence-corrected chi connectivity index (χ0v) is 10.4. The minimum absolute atomic E-state index is 0.611. The van der Waals surface area contributed by atoms with Crippen molar-refractivity contribution >= 4 is 5.82 Å². The number of hydrogen-bond acceptors (Lipinski definition) is 4. The molecule has 1 aliphatic carbocycles. The van der Waals surface area contributed by atoms with Gasteiger partial charge in [-0.15, -0.1) is 0 Å². The Morgan fingerprint density at radius 3 is 2.94 bits per heavy atom. The van der Waals surface area contributed by atoms with Crippen LogP contribution in [0.3, 0.4) is 0 Å². The Labute approximate surface area is 102 Å². The average Bonchev–Trinajstić information content (AvgIpc) is 2.27.